The lowest BCUT2D eigenvalue weighted by molar-refractivity contribution is 0.308. The Morgan fingerprint density at radius 1 is 0.947 bits per heavy atom. The minimum absolute atomic E-state index is 0.534. The average Bonchev–Trinajstić information content (AvgIpc) is 2.49. The van der Waals surface area contributed by atoms with E-state index in [-0.39, 0.29) is 0 Å². The summed E-state index contributed by atoms with van der Waals surface area (Å²) in [7, 11) is 0. The Morgan fingerprint density at radius 2 is 1.68 bits per heavy atom. The SMILES string of the molecule is NCC(c1cccc2ccccc12)C1CCCCC1. The van der Waals surface area contributed by atoms with Crippen molar-refractivity contribution in [3.63, 3.8) is 0 Å². The van der Waals surface area contributed by atoms with Gasteiger partial charge in [-0.2, -0.15) is 0 Å². The predicted octanol–water partition coefficient (Wildman–Crippen LogP) is 4.46. The van der Waals surface area contributed by atoms with Crippen molar-refractivity contribution in [3.05, 3.63) is 48.0 Å². The van der Waals surface area contributed by atoms with Crippen LogP contribution in [0.3, 0.4) is 0 Å². The van der Waals surface area contributed by atoms with Crippen molar-refractivity contribution >= 4 is 10.8 Å². The number of nitrogens with two attached hydrogens (primary N) is 1. The van der Waals surface area contributed by atoms with Crippen molar-refractivity contribution in [2.45, 2.75) is 38.0 Å². The number of hydrogen-bond donors (Lipinski definition) is 1. The molecule has 0 aliphatic heterocycles. The van der Waals surface area contributed by atoms with Crippen molar-refractivity contribution in [1.29, 1.82) is 0 Å². The van der Waals surface area contributed by atoms with E-state index in [1.54, 1.807) is 0 Å². The molecule has 1 aliphatic carbocycles. The summed E-state index contributed by atoms with van der Waals surface area (Å²) in [6, 6.07) is 15.4. The van der Waals surface area contributed by atoms with Gasteiger partial charge in [-0.1, -0.05) is 61.7 Å². The fraction of sp³-hybridized carbons (Fsp3) is 0.444. The summed E-state index contributed by atoms with van der Waals surface area (Å²) in [5, 5.41) is 2.74. The number of fused-ring (bicyclic) bond motifs is 1. The van der Waals surface area contributed by atoms with Gasteiger partial charge in [-0.3, -0.25) is 0 Å². The topological polar surface area (TPSA) is 26.0 Å². The predicted molar refractivity (Wildman–Crippen MR) is 82.3 cm³/mol. The Hall–Kier alpha value is -1.34. The van der Waals surface area contributed by atoms with Gasteiger partial charge < -0.3 is 5.73 Å². The van der Waals surface area contributed by atoms with Crippen LogP contribution >= 0.6 is 0 Å². The van der Waals surface area contributed by atoms with E-state index in [0.29, 0.717) is 5.92 Å². The Bertz CT molecular complexity index is 535. The lowest BCUT2D eigenvalue weighted by Gasteiger charge is -2.30. The van der Waals surface area contributed by atoms with E-state index in [2.05, 4.69) is 42.5 Å². The quantitative estimate of drug-likeness (QED) is 0.858. The summed E-state index contributed by atoms with van der Waals surface area (Å²) >= 11 is 0. The van der Waals surface area contributed by atoms with Crippen LogP contribution in [0.2, 0.25) is 0 Å². The highest BCUT2D eigenvalue weighted by Gasteiger charge is 2.24. The zero-order chi connectivity index (χ0) is 13.1. The van der Waals surface area contributed by atoms with Crippen LogP contribution in [0.1, 0.15) is 43.6 Å². The van der Waals surface area contributed by atoms with Crippen molar-refractivity contribution in [3.8, 4) is 0 Å². The van der Waals surface area contributed by atoms with Crippen LogP contribution in [-0.2, 0) is 0 Å². The molecule has 0 heterocycles. The molecule has 0 radical (unpaired) electrons. The van der Waals surface area contributed by atoms with E-state index in [9.17, 15) is 0 Å². The van der Waals surface area contributed by atoms with Gasteiger partial charge in [-0.15, -0.1) is 0 Å². The molecular weight excluding hydrogens is 230 g/mol. The zero-order valence-corrected chi connectivity index (χ0v) is 11.5. The van der Waals surface area contributed by atoms with E-state index in [4.69, 9.17) is 5.73 Å². The molecule has 3 rings (SSSR count). The largest absolute Gasteiger partial charge is 0.330 e. The first-order chi connectivity index (χ1) is 9.40. The smallest absolute Gasteiger partial charge is 0.000440 e. The lowest BCUT2D eigenvalue weighted by atomic mass is 9.76. The van der Waals surface area contributed by atoms with Gasteiger partial charge >= 0.3 is 0 Å². The van der Waals surface area contributed by atoms with Crippen LogP contribution in [0.5, 0.6) is 0 Å². The summed E-state index contributed by atoms with van der Waals surface area (Å²) in [5.74, 6) is 1.32. The van der Waals surface area contributed by atoms with Gasteiger partial charge in [0.2, 0.25) is 0 Å². The minimum atomic E-state index is 0.534. The third kappa shape index (κ3) is 2.52. The number of benzene rings is 2. The summed E-state index contributed by atoms with van der Waals surface area (Å²) in [6.45, 7) is 0.776. The van der Waals surface area contributed by atoms with Gasteiger partial charge in [0.05, 0.1) is 0 Å². The number of rotatable bonds is 3. The first-order valence-corrected chi connectivity index (χ1v) is 7.58. The van der Waals surface area contributed by atoms with Crippen molar-refractivity contribution in [2.75, 3.05) is 6.54 Å². The highest BCUT2D eigenvalue weighted by molar-refractivity contribution is 5.86. The molecule has 1 saturated carbocycles. The van der Waals surface area contributed by atoms with Crippen molar-refractivity contribution in [2.24, 2.45) is 11.7 Å². The molecule has 0 aromatic heterocycles. The summed E-state index contributed by atoms with van der Waals surface area (Å²) in [6.07, 6.45) is 6.87. The first-order valence-electron chi connectivity index (χ1n) is 7.58. The molecule has 100 valence electrons. The van der Waals surface area contributed by atoms with Gasteiger partial charge in [-0.25, -0.2) is 0 Å². The lowest BCUT2D eigenvalue weighted by Crippen LogP contribution is -2.23. The second-order valence-electron chi connectivity index (χ2n) is 5.81. The third-order valence-electron chi connectivity index (χ3n) is 4.70. The van der Waals surface area contributed by atoms with Crippen molar-refractivity contribution < 1.29 is 0 Å². The molecule has 19 heavy (non-hydrogen) atoms. The number of hydrogen-bond acceptors (Lipinski definition) is 1. The molecule has 0 bridgehead atoms. The Morgan fingerprint density at radius 3 is 2.47 bits per heavy atom. The molecular formula is C18H23N. The molecule has 1 heteroatoms. The molecule has 2 N–H and O–H groups in total. The Balaban J connectivity index is 2.00. The highest BCUT2D eigenvalue weighted by Crippen LogP contribution is 2.37. The highest BCUT2D eigenvalue weighted by atomic mass is 14.6. The molecule has 0 spiro atoms. The second-order valence-corrected chi connectivity index (χ2v) is 5.81. The van der Waals surface area contributed by atoms with E-state index < -0.39 is 0 Å². The van der Waals surface area contributed by atoms with Gasteiger partial charge in [0.25, 0.3) is 0 Å². The Labute approximate surface area is 115 Å². The zero-order valence-electron chi connectivity index (χ0n) is 11.5. The van der Waals surface area contributed by atoms with Crippen LogP contribution in [0, 0.1) is 5.92 Å². The molecule has 2 aromatic rings. The molecule has 1 fully saturated rings. The molecule has 1 unspecified atom stereocenters. The molecule has 1 aliphatic rings. The average molecular weight is 253 g/mol. The van der Waals surface area contributed by atoms with Gasteiger partial charge in [0, 0.05) is 0 Å². The molecule has 1 nitrogen and oxygen atoms in total. The van der Waals surface area contributed by atoms with Gasteiger partial charge in [-0.05, 0) is 47.6 Å². The van der Waals surface area contributed by atoms with Crippen LogP contribution in [0.25, 0.3) is 10.8 Å². The van der Waals surface area contributed by atoms with E-state index in [0.717, 1.165) is 12.5 Å². The van der Waals surface area contributed by atoms with E-state index >= 15 is 0 Å². The van der Waals surface area contributed by atoms with Crippen molar-refractivity contribution in [1.82, 2.24) is 0 Å². The van der Waals surface area contributed by atoms with E-state index in [1.165, 1.54) is 48.4 Å². The Kier molecular flexibility index (Phi) is 3.84. The molecule has 0 saturated heterocycles. The maximum absolute atomic E-state index is 6.13. The first kappa shape index (κ1) is 12.7. The van der Waals surface area contributed by atoms with Crippen LogP contribution in [-0.4, -0.2) is 6.54 Å². The van der Waals surface area contributed by atoms with Crippen LogP contribution < -0.4 is 5.73 Å². The van der Waals surface area contributed by atoms with Crippen LogP contribution in [0.4, 0.5) is 0 Å². The fourth-order valence-corrected chi connectivity index (χ4v) is 3.68. The molecule has 0 amide bonds. The maximum Gasteiger partial charge on any atom is -0.000440 e. The molecule has 2 aromatic carbocycles. The van der Waals surface area contributed by atoms with Crippen LogP contribution in [0.15, 0.2) is 42.5 Å². The standard InChI is InChI=1S/C18H23N/c19-13-18(15-7-2-1-3-8-15)17-12-6-10-14-9-4-5-11-16(14)17/h4-6,9-12,15,18H,1-3,7-8,13,19H2. The summed E-state index contributed by atoms with van der Waals surface area (Å²) in [5.41, 5.74) is 7.59. The second kappa shape index (κ2) is 5.75. The van der Waals surface area contributed by atoms with Gasteiger partial charge in [0.15, 0.2) is 0 Å². The fourth-order valence-electron chi connectivity index (χ4n) is 3.68. The molecule has 1 atom stereocenters. The maximum atomic E-state index is 6.13. The normalized spacial score (nSPS) is 18.6. The van der Waals surface area contributed by atoms with E-state index in [1.807, 2.05) is 0 Å². The minimum Gasteiger partial charge on any atom is -0.330 e. The monoisotopic (exact) mass is 253 g/mol. The summed E-state index contributed by atoms with van der Waals surface area (Å²) in [4.78, 5) is 0. The summed E-state index contributed by atoms with van der Waals surface area (Å²) < 4.78 is 0. The third-order valence-corrected chi connectivity index (χ3v) is 4.70. The van der Waals surface area contributed by atoms with Gasteiger partial charge in [0.1, 0.15) is 0 Å².